The maximum absolute atomic E-state index is 12.6. The van der Waals surface area contributed by atoms with Crippen molar-refractivity contribution in [3.8, 4) is 0 Å². The molecular formula is C18H17N3O3S. The first-order valence-electron chi connectivity index (χ1n) is 7.70. The molecule has 3 rings (SSSR count). The van der Waals surface area contributed by atoms with E-state index in [9.17, 15) is 9.59 Å². The van der Waals surface area contributed by atoms with Crippen LogP contribution in [0, 0.1) is 0 Å². The molecule has 0 fully saturated rings. The van der Waals surface area contributed by atoms with Crippen LogP contribution in [0.5, 0.6) is 0 Å². The van der Waals surface area contributed by atoms with Crippen molar-refractivity contribution in [1.29, 1.82) is 0 Å². The van der Waals surface area contributed by atoms with E-state index in [0.29, 0.717) is 6.47 Å². The zero-order valence-corrected chi connectivity index (χ0v) is 14.2. The number of amides is 1. The minimum Gasteiger partial charge on any atom is -0.463 e. The number of nitrogens with one attached hydrogen (secondary N) is 1. The second kappa shape index (κ2) is 7.87. The van der Waals surface area contributed by atoms with Crippen LogP contribution in [0.1, 0.15) is 17.0 Å². The molecule has 128 valence electrons. The summed E-state index contributed by atoms with van der Waals surface area (Å²) in [5, 5.41) is 4.74. The Morgan fingerprint density at radius 2 is 2.12 bits per heavy atom. The number of thiophene rings is 1. The van der Waals surface area contributed by atoms with Crippen LogP contribution in [0.4, 0.5) is 5.00 Å². The highest BCUT2D eigenvalue weighted by molar-refractivity contribution is 7.22. The number of nitrogens with two attached hydrogens (primary N) is 1. The third-order valence-electron chi connectivity index (χ3n) is 3.82. The lowest BCUT2D eigenvalue weighted by atomic mass is 9.97. The lowest BCUT2D eigenvalue weighted by molar-refractivity contribution is -0.129. The summed E-state index contributed by atoms with van der Waals surface area (Å²) in [7, 11) is 0. The van der Waals surface area contributed by atoms with Crippen LogP contribution in [-0.4, -0.2) is 23.9 Å². The molecule has 3 aromatic rings. The van der Waals surface area contributed by atoms with E-state index in [1.54, 1.807) is 12.4 Å². The summed E-state index contributed by atoms with van der Waals surface area (Å²) in [6, 6.07) is 11.1. The second-order valence-electron chi connectivity index (χ2n) is 5.45. The van der Waals surface area contributed by atoms with Crippen molar-refractivity contribution >= 4 is 38.8 Å². The summed E-state index contributed by atoms with van der Waals surface area (Å²) >= 11 is 1.48. The van der Waals surface area contributed by atoms with E-state index in [2.05, 4.69) is 10.3 Å². The predicted octanol–water partition coefficient (Wildman–Crippen LogP) is 2.65. The number of pyridine rings is 1. The van der Waals surface area contributed by atoms with Gasteiger partial charge in [0.15, 0.2) is 0 Å². The Bertz CT molecular complexity index is 844. The van der Waals surface area contributed by atoms with Gasteiger partial charge in [-0.1, -0.05) is 24.3 Å². The Morgan fingerprint density at radius 3 is 2.80 bits per heavy atom. The number of anilines is 1. The quantitative estimate of drug-likeness (QED) is 0.636. The maximum Gasteiger partial charge on any atom is 0.293 e. The lowest BCUT2D eigenvalue weighted by Gasteiger charge is -2.15. The number of hydrogen-bond acceptors (Lipinski definition) is 6. The molecule has 0 aliphatic carbocycles. The average Bonchev–Trinajstić information content (AvgIpc) is 3.03. The van der Waals surface area contributed by atoms with Crippen molar-refractivity contribution in [2.75, 3.05) is 11.9 Å². The van der Waals surface area contributed by atoms with Gasteiger partial charge in [0.1, 0.15) is 6.61 Å². The average molecular weight is 355 g/mol. The summed E-state index contributed by atoms with van der Waals surface area (Å²) < 4.78 is 5.73. The zero-order chi connectivity index (χ0) is 17.6. The lowest BCUT2D eigenvalue weighted by Crippen LogP contribution is -2.27. The predicted molar refractivity (Wildman–Crippen MR) is 97.3 cm³/mol. The van der Waals surface area contributed by atoms with Gasteiger partial charge in [0.05, 0.1) is 15.6 Å². The van der Waals surface area contributed by atoms with E-state index in [0.717, 1.165) is 26.2 Å². The van der Waals surface area contributed by atoms with E-state index in [1.807, 2.05) is 36.4 Å². The molecule has 1 amide bonds. The van der Waals surface area contributed by atoms with Crippen molar-refractivity contribution in [1.82, 2.24) is 4.98 Å². The number of nitrogens with zero attached hydrogens (tertiary/aromatic N) is 1. The molecule has 2 heterocycles. The zero-order valence-electron chi connectivity index (χ0n) is 13.3. The van der Waals surface area contributed by atoms with Gasteiger partial charge in [-0.3, -0.25) is 14.6 Å². The van der Waals surface area contributed by atoms with Gasteiger partial charge < -0.3 is 15.8 Å². The van der Waals surface area contributed by atoms with Crippen molar-refractivity contribution < 1.29 is 14.3 Å². The molecule has 0 spiro atoms. The molecule has 0 aliphatic rings. The molecule has 0 radical (unpaired) electrons. The fourth-order valence-electron chi connectivity index (χ4n) is 2.53. The molecule has 0 unspecified atom stereocenters. The summed E-state index contributed by atoms with van der Waals surface area (Å²) in [5.74, 6) is -0.608. The topological polar surface area (TPSA) is 94.3 Å². The van der Waals surface area contributed by atoms with Gasteiger partial charge in [0.2, 0.25) is 5.91 Å². The van der Waals surface area contributed by atoms with Crippen molar-refractivity contribution in [3.05, 3.63) is 59.9 Å². The first-order valence-corrected chi connectivity index (χ1v) is 8.51. The molecule has 7 heteroatoms. The van der Waals surface area contributed by atoms with E-state index >= 15 is 0 Å². The van der Waals surface area contributed by atoms with Gasteiger partial charge >= 0.3 is 0 Å². The molecule has 0 saturated carbocycles. The van der Waals surface area contributed by atoms with Gasteiger partial charge in [-0.2, -0.15) is 0 Å². The number of carbonyl (C=O) groups excluding carboxylic acids is 2. The molecule has 6 nitrogen and oxygen atoms in total. The minimum atomic E-state index is -0.454. The highest BCUT2D eigenvalue weighted by atomic mass is 32.1. The number of benzene rings is 1. The van der Waals surface area contributed by atoms with E-state index in [1.165, 1.54) is 11.3 Å². The van der Waals surface area contributed by atoms with E-state index < -0.39 is 5.92 Å². The minimum absolute atomic E-state index is 0.154. The third kappa shape index (κ3) is 4.01. The van der Waals surface area contributed by atoms with Gasteiger partial charge in [0.25, 0.3) is 6.47 Å². The number of hydrogen-bond donors (Lipinski definition) is 2. The molecule has 2 aromatic heterocycles. The fourth-order valence-corrected chi connectivity index (χ4v) is 3.46. The molecular weight excluding hydrogens is 338 g/mol. The number of carbonyl (C=O) groups is 2. The van der Waals surface area contributed by atoms with Gasteiger partial charge in [-0.05, 0) is 28.6 Å². The molecule has 0 aliphatic heterocycles. The molecule has 0 bridgehead atoms. The first-order chi connectivity index (χ1) is 12.2. The van der Waals surface area contributed by atoms with E-state index in [4.69, 9.17) is 10.5 Å². The highest BCUT2D eigenvalue weighted by Crippen LogP contribution is 2.29. The van der Waals surface area contributed by atoms with Gasteiger partial charge in [-0.25, -0.2) is 0 Å². The van der Waals surface area contributed by atoms with Gasteiger partial charge in [0, 0.05) is 18.9 Å². The Labute approximate surface area is 148 Å². The summed E-state index contributed by atoms with van der Waals surface area (Å²) in [4.78, 5) is 26.9. The number of ether oxygens (including phenoxy) is 1. The first kappa shape index (κ1) is 17.1. The molecule has 1 aromatic carbocycles. The molecule has 25 heavy (non-hydrogen) atoms. The standard InChI is InChI=1S/C18H17N3O3S/c19-8-15(13-3-1-12(2-4-13)10-24-11-22)18(23)21-17-7-14-5-6-20-9-16(14)25-17/h1-7,9,11,15H,8,10,19H2,(H,21,23)/t15-/m1/s1. The van der Waals surface area contributed by atoms with Crippen LogP contribution in [0.3, 0.4) is 0 Å². The van der Waals surface area contributed by atoms with Crippen LogP contribution in [0.25, 0.3) is 10.1 Å². The molecule has 3 N–H and O–H groups in total. The molecule has 0 saturated heterocycles. The number of fused-ring (bicyclic) bond motifs is 1. The normalized spacial score (nSPS) is 11.9. The fraction of sp³-hybridized carbons (Fsp3) is 0.167. The number of rotatable bonds is 7. The third-order valence-corrected chi connectivity index (χ3v) is 4.82. The smallest absolute Gasteiger partial charge is 0.293 e. The summed E-state index contributed by atoms with van der Waals surface area (Å²) in [6.45, 7) is 0.812. The van der Waals surface area contributed by atoms with Crippen molar-refractivity contribution in [2.24, 2.45) is 5.73 Å². The largest absolute Gasteiger partial charge is 0.463 e. The van der Waals surface area contributed by atoms with Crippen LogP contribution in [-0.2, 0) is 20.9 Å². The van der Waals surface area contributed by atoms with Crippen LogP contribution in [0.15, 0.2) is 48.8 Å². The Morgan fingerprint density at radius 1 is 1.32 bits per heavy atom. The van der Waals surface area contributed by atoms with Crippen LogP contribution < -0.4 is 11.1 Å². The molecule has 1 atom stereocenters. The summed E-state index contributed by atoms with van der Waals surface area (Å²) in [6.07, 6.45) is 3.50. The van der Waals surface area contributed by atoms with Gasteiger partial charge in [-0.15, -0.1) is 11.3 Å². The summed E-state index contributed by atoms with van der Waals surface area (Å²) in [5.41, 5.74) is 7.48. The number of aromatic nitrogens is 1. The van der Waals surface area contributed by atoms with Crippen LogP contribution in [0.2, 0.25) is 0 Å². The highest BCUT2D eigenvalue weighted by Gasteiger charge is 2.20. The maximum atomic E-state index is 12.6. The Kier molecular flexibility index (Phi) is 5.37. The SMILES string of the molecule is NC[C@@H](C(=O)Nc1cc2ccncc2s1)c1ccc(COC=O)cc1. The van der Waals surface area contributed by atoms with E-state index in [-0.39, 0.29) is 19.1 Å². The monoisotopic (exact) mass is 355 g/mol. The second-order valence-corrected chi connectivity index (χ2v) is 6.53. The van der Waals surface area contributed by atoms with Crippen LogP contribution >= 0.6 is 11.3 Å². The Hall–Kier alpha value is -2.77. The van der Waals surface area contributed by atoms with Crippen molar-refractivity contribution in [3.63, 3.8) is 0 Å². The Balaban J connectivity index is 1.73. The van der Waals surface area contributed by atoms with Crippen molar-refractivity contribution in [2.45, 2.75) is 12.5 Å².